The summed E-state index contributed by atoms with van der Waals surface area (Å²) in [5.74, 6) is 0.145. The van der Waals surface area contributed by atoms with Gasteiger partial charge in [0.2, 0.25) is 0 Å². The summed E-state index contributed by atoms with van der Waals surface area (Å²) in [6, 6.07) is 11.2. The Bertz CT molecular complexity index is 1120. The molecule has 0 saturated carbocycles. The Morgan fingerprint density at radius 2 is 2.10 bits per heavy atom. The van der Waals surface area contributed by atoms with Crippen LogP contribution < -0.4 is 10.6 Å². The first-order valence-corrected chi connectivity index (χ1v) is 10.4. The van der Waals surface area contributed by atoms with Crippen molar-refractivity contribution in [1.29, 1.82) is 0 Å². The molecule has 1 aromatic heterocycles. The summed E-state index contributed by atoms with van der Waals surface area (Å²) in [7, 11) is 1.86. The molecule has 1 atom stereocenters. The zero-order valence-electron chi connectivity index (χ0n) is 17.7. The third kappa shape index (κ3) is 4.86. The van der Waals surface area contributed by atoms with Gasteiger partial charge in [-0.15, -0.1) is 0 Å². The first-order chi connectivity index (χ1) is 14.9. The van der Waals surface area contributed by atoms with Gasteiger partial charge in [-0.1, -0.05) is 0 Å². The highest BCUT2D eigenvalue weighted by atomic mass is 16.4. The van der Waals surface area contributed by atoms with E-state index in [1.807, 2.05) is 44.3 Å². The fraction of sp³-hybridized carbons (Fsp3) is 0.348. The largest absolute Gasteiger partial charge is 0.481 e. The molecule has 31 heavy (non-hydrogen) atoms. The predicted molar refractivity (Wildman–Crippen MR) is 120 cm³/mol. The Labute approximate surface area is 180 Å². The molecular weight excluding hydrogens is 394 g/mol. The maximum atomic E-state index is 12.6. The summed E-state index contributed by atoms with van der Waals surface area (Å²) in [6.07, 6.45) is 1.12. The van der Waals surface area contributed by atoms with Crippen LogP contribution in [-0.4, -0.2) is 52.0 Å². The van der Waals surface area contributed by atoms with Crippen LogP contribution in [0.1, 0.15) is 34.6 Å². The number of carboxylic acid groups (broad SMARTS) is 1. The highest BCUT2D eigenvalue weighted by Gasteiger charge is 2.25. The van der Waals surface area contributed by atoms with Crippen LogP contribution >= 0.6 is 0 Å². The molecule has 4 rings (SSSR count). The van der Waals surface area contributed by atoms with E-state index >= 15 is 0 Å². The molecule has 4 N–H and O–H groups in total. The molecule has 8 nitrogen and oxygen atoms in total. The number of aromatic amines is 1. The number of carbonyl (C=O) groups is 2. The van der Waals surface area contributed by atoms with Crippen LogP contribution in [0.2, 0.25) is 0 Å². The van der Waals surface area contributed by atoms with Crippen LogP contribution in [0.15, 0.2) is 36.4 Å². The molecule has 162 valence electrons. The molecule has 1 aliphatic heterocycles. The van der Waals surface area contributed by atoms with Gasteiger partial charge < -0.3 is 20.7 Å². The Morgan fingerprint density at radius 3 is 2.84 bits per heavy atom. The van der Waals surface area contributed by atoms with Crippen molar-refractivity contribution in [2.45, 2.75) is 26.3 Å². The van der Waals surface area contributed by atoms with E-state index in [1.54, 1.807) is 6.07 Å². The summed E-state index contributed by atoms with van der Waals surface area (Å²) < 4.78 is 0. The van der Waals surface area contributed by atoms with E-state index in [1.165, 1.54) is 0 Å². The molecule has 1 fully saturated rings. The van der Waals surface area contributed by atoms with Crippen LogP contribution in [0, 0.1) is 12.8 Å². The van der Waals surface area contributed by atoms with E-state index in [0.717, 1.165) is 47.6 Å². The molecule has 2 aromatic carbocycles. The number of aliphatic carboxylic acids is 1. The molecule has 0 spiro atoms. The fourth-order valence-electron chi connectivity index (χ4n) is 4.19. The molecule has 2 heterocycles. The first-order valence-electron chi connectivity index (χ1n) is 10.4. The zero-order chi connectivity index (χ0) is 22.0. The maximum absolute atomic E-state index is 12.6. The molecule has 8 heteroatoms. The number of amides is 1. The lowest BCUT2D eigenvalue weighted by atomic mass is 10.1. The highest BCUT2D eigenvalue weighted by Crippen LogP contribution is 2.23. The summed E-state index contributed by atoms with van der Waals surface area (Å²) in [5.41, 5.74) is 5.00. The molecule has 0 bridgehead atoms. The predicted octanol–water partition coefficient (Wildman–Crippen LogP) is 3.46. The quantitative estimate of drug-likeness (QED) is 0.465. The molecule has 1 unspecified atom stereocenters. The van der Waals surface area contributed by atoms with Crippen LogP contribution in [0.3, 0.4) is 0 Å². The Kier molecular flexibility index (Phi) is 5.90. The van der Waals surface area contributed by atoms with Crippen molar-refractivity contribution in [1.82, 2.24) is 14.9 Å². The lowest BCUT2D eigenvalue weighted by Gasteiger charge is -2.13. The lowest BCUT2D eigenvalue weighted by molar-refractivity contribution is -0.138. The number of benzene rings is 2. The van der Waals surface area contributed by atoms with Crippen molar-refractivity contribution >= 4 is 34.3 Å². The van der Waals surface area contributed by atoms with Crippen molar-refractivity contribution < 1.29 is 14.7 Å². The Hall–Kier alpha value is -3.39. The number of hydrogen-bond acceptors (Lipinski definition) is 5. The van der Waals surface area contributed by atoms with Gasteiger partial charge in [-0.05, 0) is 67.8 Å². The van der Waals surface area contributed by atoms with Gasteiger partial charge in [-0.3, -0.25) is 14.5 Å². The summed E-state index contributed by atoms with van der Waals surface area (Å²) in [5, 5.41) is 15.0. The Morgan fingerprint density at radius 1 is 1.26 bits per heavy atom. The van der Waals surface area contributed by atoms with Gasteiger partial charge in [0, 0.05) is 37.0 Å². The van der Waals surface area contributed by atoms with Gasteiger partial charge in [-0.25, -0.2) is 4.98 Å². The number of H-pyrrole nitrogens is 1. The number of nitrogens with zero attached hydrogens (tertiary/aromatic N) is 2. The van der Waals surface area contributed by atoms with E-state index in [-0.39, 0.29) is 18.2 Å². The first kappa shape index (κ1) is 20.9. The van der Waals surface area contributed by atoms with Crippen LogP contribution in [-0.2, 0) is 11.3 Å². The lowest BCUT2D eigenvalue weighted by Crippen LogP contribution is -2.21. The zero-order valence-corrected chi connectivity index (χ0v) is 17.7. The third-order valence-electron chi connectivity index (χ3n) is 5.75. The number of carbonyl (C=O) groups excluding carboxylic acids is 1. The van der Waals surface area contributed by atoms with Crippen LogP contribution in [0.4, 0.5) is 11.4 Å². The van der Waals surface area contributed by atoms with E-state index in [9.17, 15) is 9.59 Å². The molecular formula is C23H27N5O3. The SMILES string of the molecule is CNc1ccc(C(=O)Nc2ccc3nc(CN4CCC(CC(=O)O)C4)[nH]c3c2)cc1C. The highest BCUT2D eigenvalue weighted by molar-refractivity contribution is 6.05. The topological polar surface area (TPSA) is 110 Å². The smallest absolute Gasteiger partial charge is 0.303 e. The van der Waals surface area contributed by atoms with Gasteiger partial charge in [-0.2, -0.15) is 0 Å². The monoisotopic (exact) mass is 421 g/mol. The second-order valence-corrected chi connectivity index (χ2v) is 8.14. The molecule has 0 radical (unpaired) electrons. The third-order valence-corrected chi connectivity index (χ3v) is 5.75. The van der Waals surface area contributed by atoms with Gasteiger partial charge in [0.05, 0.1) is 17.6 Å². The second kappa shape index (κ2) is 8.77. The van der Waals surface area contributed by atoms with Crippen molar-refractivity contribution in [2.75, 3.05) is 30.8 Å². The van der Waals surface area contributed by atoms with Crippen molar-refractivity contribution in [3.8, 4) is 0 Å². The Balaban J connectivity index is 1.42. The maximum Gasteiger partial charge on any atom is 0.303 e. The molecule has 1 amide bonds. The number of anilines is 2. The van der Waals surface area contributed by atoms with Crippen LogP contribution in [0.25, 0.3) is 11.0 Å². The minimum absolute atomic E-state index is 0.161. The minimum Gasteiger partial charge on any atom is -0.481 e. The standard InChI is InChI=1S/C23H27N5O3/c1-14-9-16(3-5-18(14)24-2)23(31)25-17-4-6-19-20(11-17)27-21(26-19)13-28-8-7-15(12-28)10-22(29)30/h3-6,9,11,15,24H,7-8,10,12-13H2,1-2H3,(H,25,31)(H,26,27)(H,29,30). The van der Waals surface area contributed by atoms with Gasteiger partial charge in [0.15, 0.2) is 0 Å². The number of imidazole rings is 1. The number of fused-ring (bicyclic) bond motifs is 1. The summed E-state index contributed by atoms with van der Waals surface area (Å²) in [4.78, 5) is 33.7. The van der Waals surface area contributed by atoms with Crippen molar-refractivity contribution in [3.63, 3.8) is 0 Å². The number of nitrogens with one attached hydrogen (secondary N) is 3. The van der Waals surface area contributed by atoms with E-state index in [4.69, 9.17) is 5.11 Å². The minimum atomic E-state index is -0.738. The summed E-state index contributed by atoms with van der Waals surface area (Å²) >= 11 is 0. The average Bonchev–Trinajstić information content (AvgIpc) is 3.33. The normalized spacial score (nSPS) is 16.5. The second-order valence-electron chi connectivity index (χ2n) is 8.14. The number of rotatable bonds is 7. The summed E-state index contributed by atoms with van der Waals surface area (Å²) in [6.45, 7) is 4.27. The van der Waals surface area contributed by atoms with Gasteiger partial charge in [0.1, 0.15) is 5.82 Å². The van der Waals surface area contributed by atoms with E-state index < -0.39 is 5.97 Å². The molecule has 3 aromatic rings. The molecule has 1 saturated heterocycles. The average molecular weight is 422 g/mol. The number of likely N-dealkylation sites (tertiary alicyclic amines) is 1. The fourth-order valence-corrected chi connectivity index (χ4v) is 4.19. The van der Waals surface area contributed by atoms with Crippen molar-refractivity contribution in [3.05, 3.63) is 53.3 Å². The number of aryl methyl sites for hydroxylation is 1. The van der Waals surface area contributed by atoms with E-state index in [2.05, 4.69) is 25.5 Å². The van der Waals surface area contributed by atoms with Crippen molar-refractivity contribution in [2.24, 2.45) is 5.92 Å². The van der Waals surface area contributed by atoms with Gasteiger partial charge in [0.25, 0.3) is 5.91 Å². The van der Waals surface area contributed by atoms with E-state index in [0.29, 0.717) is 17.8 Å². The van der Waals surface area contributed by atoms with Gasteiger partial charge >= 0.3 is 5.97 Å². The number of carboxylic acids is 1. The number of hydrogen-bond donors (Lipinski definition) is 4. The number of aromatic nitrogens is 2. The molecule has 1 aliphatic rings. The van der Waals surface area contributed by atoms with Crippen LogP contribution in [0.5, 0.6) is 0 Å². The molecule has 0 aliphatic carbocycles.